The molecule has 2 rings (SSSR count). The van der Waals surface area contributed by atoms with Gasteiger partial charge in [-0.25, -0.2) is 0 Å². The Kier molecular flexibility index (Phi) is 4.75. The predicted molar refractivity (Wildman–Crippen MR) is 82.9 cm³/mol. The average molecular weight is 282 g/mol. The molecule has 0 radical (unpaired) electrons. The molecule has 0 aliphatic heterocycles. The number of rotatable bonds is 3. The topological polar surface area (TPSA) is 72.9 Å². The molecule has 0 aliphatic rings. The maximum Gasteiger partial charge on any atom is 0.257 e. The molecule has 0 aliphatic carbocycles. The van der Waals surface area contributed by atoms with Crippen LogP contribution in [-0.2, 0) is 13.5 Å². The Morgan fingerprint density at radius 1 is 1.43 bits per heavy atom. The number of benzene rings is 1. The molecule has 1 aromatic carbocycles. The number of nitrogens with two attached hydrogens (primary N) is 1. The number of nitrogens with one attached hydrogen (secondary N) is 1. The monoisotopic (exact) mass is 282 g/mol. The highest BCUT2D eigenvalue weighted by Gasteiger charge is 2.13. The molecular formula is C16H18N4O. The molecule has 5 nitrogen and oxygen atoms in total. The summed E-state index contributed by atoms with van der Waals surface area (Å²) in [6.45, 7) is 2.26. The van der Waals surface area contributed by atoms with Crippen molar-refractivity contribution in [2.75, 3.05) is 11.9 Å². The van der Waals surface area contributed by atoms with E-state index in [1.54, 1.807) is 16.9 Å². The van der Waals surface area contributed by atoms with Crippen molar-refractivity contribution in [2.24, 2.45) is 12.8 Å². The van der Waals surface area contributed by atoms with Crippen LogP contribution in [0.3, 0.4) is 0 Å². The highest BCUT2D eigenvalue weighted by molar-refractivity contribution is 6.06. The number of anilines is 1. The summed E-state index contributed by atoms with van der Waals surface area (Å²) in [4.78, 5) is 12.4. The Balaban J connectivity index is 2.28. The van der Waals surface area contributed by atoms with E-state index >= 15 is 0 Å². The van der Waals surface area contributed by atoms with Crippen LogP contribution in [0.2, 0.25) is 0 Å². The minimum atomic E-state index is -0.195. The van der Waals surface area contributed by atoms with Gasteiger partial charge in [0.15, 0.2) is 0 Å². The zero-order chi connectivity index (χ0) is 15.2. The number of nitrogens with zero attached hydrogens (tertiary/aromatic N) is 2. The SMILES string of the molecule is CCc1nn(C)cc1NC(=O)c1ccccc1C#CCN. The van der Waals surface area contributed by atoms with Crippen molar-refractivity contribution in [1.29, 1.82) is 0 Å². The van der Waals surface area contributed by atoms with E-state index in [0.717, 1.165) is 17.8 Å². The third-order valence-electron chi connectivity index (χ3n) is 2.99. The fourth-order valence-corrected chi connectivity index (χ4v) is 2.03. The van der Waals surface area contributed by atoms with Gasteiger partial charge < -0.3 is 11.1 Å². The summed E-state index contributed by atoms with van der Waals surface area (Å²) in [6, 6.07) is 7.21. The molecule has 1 aromatic heterocycles. The Bertz CT molecular complexity index is 707. The van der Waals surface area contributed by atoms with Crippen LogP contribution in [0.25, 0.3) is 0 Å². The maximum atomic E-state index is 12.4. The Labute approximate surface area is 124 Å². The van der Waals surface area contributed by atoms with E-state index in [1.165, 1.54) is 0 Å². The van der Waals surface area contributed by atoms with Crippen LogP contribution in [0.4, 0.5) is 5.69 Å². The number of amides is 1. The minimum Gasteiger partial charge on any atom is -0.320 e. The fourth-order valence-electron chi connectivity index (χ4n) is 2.03. The number of carbonyl (C=O) groups excluding carboxylic acids is 1. The molecule has 1 amide bonds. The quantitative estimate of drug-likeness (QED) is 0.839. The zero-order valence-corrected chi connectivity index (χ0v) is 12.2. The smallest absolute Gasteiger partial charge is 0.257 e. The van der Waals surface area contributed by atoms with Gasteiger partial charge in [-0.2, -0.15) is 5.10 Å². The standard InChI is InChI=1S/C16H18N4O/c1-3-14-15(11-20(2)19-14)18-16(21)13-9-5-4-7-12(13)8-6-10-17/h4-5,7,9,11H,3,10,17H2,1-2H3,(H,18,21). The van der Waals surface area contributed by atoms with Gasteiger partial charge in [0.2, 0.25) is 0 Å². The van der Waals surface area contributed by atoms with E-state index in [1.807, 2.05) is 32.2 Å². The number of hydrogen-bond donors (Lipinski definition) is 2. The van der Waals surface area contributed by atoms with Gasteiger partial charge in [-0.05, 0) is 18.6 Å². The van der Waals surface area contributed by atoms with Crippen molar-refractivity contribution in [3.05, 3.63) is 47.3 Å². The largest absolute Gasteiger partial charge is 0.320 e. The van der Waals surface area contributed by atoms with Crippen LogP contribution >= 0.6 is 0 Å². The summed E-state index contributed by atoms with van der Waals surface area (Å²) in [5.41, 5.74) is 8.17. The molecule has 5 heteroatoms. The molecule has 3 N–H and O–H groups in total. The van der Waals surface area contributed by atoms with Crippen molar-refractivity contribution in [2.45, 2.75) is 13.3 Å². The fraction of sp³-hybridized carbons (Fsp3) is 0.250. The van der Waals surface area contributed by atoms with Crippen molar-refractivity contribution in [3.63, 3.8) is 0 Å². The summed E-state index contributed by atoms with van der Waals surface area (Å²) in [5, 5.41) is 7.20. The number of carbonyl (C=O) groups is 1. The first kappa shape index (κ1) is 14.8. The van der Waals surface area contributed by atoms with Gasteiger partial charge in [-0.15, -0.1) is 0 Å². The van der Waals surface area contributed by atoms with Gasteiger partial charge in [0.1, 0.15) is 0 Å². The molecule has 21 heavy (non-hydrogen) atoms. The van der Waals surface area contributed by atoms with Crippen molar-refractivity contribution in [3.8, 4) is 11.8 Å². The van der Waals surface area contributed by atoms with Gasteiger partial charge in [-0.3, -0.25) is 9.48 Å². The van der Waals surface area contributed by atoms with Crippen LogP contribution in [0.5, 0.6) is 0 Å². The molecule has 0 spiro atoms. The second kappa shape index (κ2) is 6.73. The van der Waals surface area contributed by atoms with Crippen LogP contribution in [0, 0.1) is 11.8 Å². The van der Waals surface area contributed by atoms with E-state index < -0.39 is 0 Å². The molecule has 0 atom stereocenters. The van der Waals surface area contributed by atoms with E-state index in [2.05, 4.69) is 22.3 Å². The number of hydrogen-bond acceptors (Lipinski definition) is 3. The lowest BCUT2D eigenvalue weighted by atomic mass is 10.1. The molecule has 108 valence electrons. The van der Waals surface area contributed by atoms with Crippen molar-refractivity contribution < 1.29 is 4.79 Å². The predicted octanol–water partition coefficient (Wildman–Crippen LogP) is 1.54. The van der Waals surface area contributed by atoms with Gasteiger partial charge >= 0.3 is 0 Å². The van der Waals surface area contributed by atoms with Gasteiger partial charge in [0, 0.05) is 18.8 Å². The summed E-state index contributed by atoms with van der Waals surface area (Å²) < 4.78 is 1.69. The highest BCUT2D eigenvalue weighted by atomic mass is 16.1. The first-order valence-electron chi connectivity index (χ1n) is 6.77. The summed E-state index contributed by atoms with van der Waals surface area (Å²) in [5.74, 6) is 5.49. The lowest BCUT2D eigenvalue weighted by Gasteiger charge is -2.06. The van der Waals surface area contributed by atoms with Crippen LogP contribution < -0.4 is 11.1 Å². The molecule has 0 saturated carbocycles. The zero-order valence-electron chi connectivity index (χ0n) is 12.2. The molecule has 0 saturated heterocycles. The van der Waals surface area contributed by atoms with Crippen molar-refractivity contribution in [1.82, 2.24) is 9.78 Å². The molecule has 0 fully saturated rings. The van der Waals surface area contributed by atoms with E-state index in [-0.39, 0.29) is 12.5 Å². The molecule has 1 heterocycles. The Morgan fingerprint density at radius 3 is 2.90 bits per heavy atom. The molecular weight excluding hydrogens is 264 g/mol. The number of aryl methyl sites for hydroxylation is 2. The van der Waals surface area contributed by atoms with Gasteiger partial charge in [-0.1, -0.05) is 30.9 Å². The number of aromatic nitrogens is 2. The second-order valence-corrected chi connectivity index (χ2v) is 4.52. The summed E-state index contributed by atoms with van der Waals surface area (Å²) >= 11 is 0. The van der Waals surface area contributed by atoms with Crippen LogP contribution in [-0.4, -0.2) is 22.2 Å². The molecule has 2 aromatic rings. The maximum absolute atomic E-state index is 12.4. The molecule has 0 bridgehead atoms. The van der Waals surface area contributed by atoms with Gasteiger partial charge in [0.25, 0.3) is 5.91 Å². The normalized spacial score (nSPS) is 9.86. The first-order chi connectivity index (χ1) is 10.2. The third-order valence-corrected chi connectivity index (χ3v) is 2.99. The molecule has 0 unspecified atom stereocenters. The minimum absolute atomic E-state index is 0.195. The van der Waals surface area contributed by atoms with Crippen LogP contribution in [0.1, 0.15) is 28.5 Å². The van der Waals surface area contributed by atoms with E-state index in [0.29, 0.717) is 11.1 Å². The summed E-state index contributed by atoms with van der Waals surface area (Å²) in [7, 11) is 1.83. The Morgan fingerprint density at radius 2 is 2.19 bits per heavy atom. The first-order valence-corrected chi connectivity index (χ1v) is 6.77. The lowest BCUT2D eigenvalue weighted by molar-refractivity contribution is 0.102. The Hall–Kier alpha value is -2.58. The third kappa shape index (κ3) is 3.50. The summed E-state index contributed by atoms with van der Waals surface area (Å²) in [6.07, 6.45) is 2.55. The van der Waals surface area contributed by atoms with Gasteiger partial charge in [0.05, 0.1) is 23.5 Å². The second-order valence-electron chi connectivity index (χ2n) is 4.52. The van der Waals surface area contributed by atoms with E-state index in [9.17, 15) is 4.79 Å². The van der Waals surface area contributed by atoms with E-state index in [4.69, 9.17) is 5.73 Å². The average Bonchev–Trinajstić information content (AvgIpc) is 2.85. The highest BCUT2D eigenvalue weighted by Crippen LogP contribution is 2.16. The van der Waals surface area contributed by atoms with Crippen LogP contribution in [0.15, 0.2) is 30.5 Å². The lowest BCUT2D eigenvalue weighted by Crippen LogP contribution is -2.14. The van der Waals surface area contributed by atoms with Crippen molar-refractivity contribution >= 4 is 11.6 Å².